The Kier molecular flexibility index (Phi) is 6.57. The Morgan fingerprint density at radius 3 is 2.58 bits per heavy atom. The van der Waals surface area contributed by atoms with Gasteiger partial charge in [-0.2, -0.15) is 0 Å². The molecule has 0 unspecified atom stereocenters. The molecule has 0 spiro atoms. The molecule has 0 heterocycles. The zero-order valence-electron chi connectivity index (χ0n) is 11.4. The van der Waals surface area contributed by atoms with Crippen molar-refractivity contribution in [3.63, 3.8) is 0 Å². The predicted octanol–water partition coefficient (Wildman–Crippen LogP) is 3.24. The van der Waals surface area contributed by atoms with Crippen LogP contribution >= 0.6 is 22.6 Å². The summed E-state index contributed by atoms with van der Waals surface area (Å²) in [5.41, 5.74) is 0.785. The van der Waals surface area contributed by atoms with Crippen molar-refractivity contribution in [2.75, 3.05) is 0 Å². The average Bonchev–Trinajstić information content (AvgIpc) is 2.35. The molecule has 0 radical (unpaired) electrons. The number of hydrogen-bond acceptors (Lipinski definition) is 3. The van der Waals surface area contributed by atoms with Crippen LogP contribution in [0, 0.1) is 3.57 Å². The number of rotatable bonds is 5. The van der Waals surface area contributed by atoms with Crippen LogP contribution in [0.2, 0.25) is 0 Å². The molecule has 2 atom stereocenters. The highest BCUT2D eigenvalue weighted by Gasteiger charge is 2.24. The van der Waals surface area contributed by atoms with E-state index in [0.717, 1.165) is 9.13 Å². The molecule has 0 bridgehead atoms. The number of benzene rings is 1. The van der Waals surface area contributed by atoms with Crippen LogP contribution in [0.25, 0.3) is 0 Å². The van der Waals surface area contributed by atoms with Crippen molar-refractivity contribution in [2.45, 2.75) is 45.4 Å². The first kappa shape index (κ1) is 16.2. The summed E-state index contributed by atoms with van der Waals surface area (Å²) in [7, 11) is 0. The lowest BCUT2D eigenvalue weighted by Gasteiger charge is -2.23. The fourth-order valence-corrected chi connectivity index (χ4v) is 2.40. The number of carbonyl (C=O) groups is 1. The minimum Gasteiger partial charge on any atom is -0.443 e. The standard InChI is InChI=1S/C14H20INO3/c1-4-12(19-14(18)16-9(2)3)13(17)10-7-5-6-8-11(10)15/h5-9,12-13,17H,4H2,1-3H3,(H,16,18)/t12-,13-/m0/s1. The molecule has 4 nitrogen and oxygen atoms in total. The van der Waals surface area contributed by atoms with Crippen LogP contribution in [0.15, 0.2) is 24.3 Å². The highest BCUT2D eigenvalue weighted by Crippen LogP contribution is 2.25. The second kappa shape index (κ2) is 7.69. The number of aliphatic hydroxyl groups is 1. The first-order chi connectivity index (χ1) is 8.95. The highest BCUT2D eigenvalue weighted by molar-refractivity contribution is 14.1. The van der Waals surface area contributed by atoms with E-state index in [1.807, 2.05) is 45.0 Å². The van der Waals surface area contributed by atoms with E-state index < -0.39 is 18.3 Å². The van der Waals surface area contributed by atoms with E-state index in [-0.39, 0.29) is 6.04 Å². The van der Waals surface area contributed by atoms with Crippen LogP contribution in [-0.2, 0) is 4.74 Å². The van der Waals surface area contributed by atoms with Gasteiger partial charge in [0.1, 0.15) is 12.2 Å². The van der Waals surface area contributed by atoms with Crippen molar-refractivity contribution >= 4 is 28.7 Å². The van der Waals surface area contributed by atoms with Gasteiger partial charge >= 0.3 is 6.09 Å². The molecule has 0 aromatic heterocycles. The summed E-state index contributed by atoms with van der Waals surface area (Å²) >= 11 is 2.16. The zero-order chi connectivity index (χ0) is 14.4. The van der Waals surface area contributed by atoms with Gasteiger partial charge in [-0.05, 0) is 54.5 Å². The van der Waals surface area contributed by atoms with Gasteiger partial charge in [0.05, 0.1) is 0 Å². The summed E-state index contributed by atoms with van der Waals surface area (Å²) in [4.78, 5) is 11.6. The molecule has 0 saturated carbocycles. The lowest BCUT2D eigenvalue weighted by Crippen LogP contribution is -2.35. The molecule has 106 valence electrons. The topological polar surface area (TPSA) is 58.6 Å². The molecule has 5 heteroatoms. The molecule has 0 fully saturated rings. The molecule has 1 aromatic rings. The lowest BCUT2D eigenvalue weighted by molar-refractivity contribution is -0.00135. The van der Waals surface area contributed by atoms with Gasteiger partial charge in [-0.3, -0.25) is 0 Å². The fraction of sp³-hybridized carbons (Fsp3) is 0.500. The first-order valence-corrected chi connectivity index (χ1v) is 7.43. The van der Waals surface area contributed by atoms with Gasteiger partial charge in [0.25, 0.3) is 0 Å². The average molecular weight is 377 g/mol. The van der Waals surface area contributed by atoms with Crippen LogP contribution in [0.5, 0.6) is 0 Å². The van der Waals surface area contributed by atoms with Gasteiger partial charge in [-0.25, -0.2) is 4.79 Å². The van der Waals surface area contributed by atoms with Gasteiger partial charge in [0.15, 0.2) is 0 Å². The summed E-state index contributed by atoms with van der Waals surface area (Å²) < 4.78 is 6.24. The largest absolute Gasteiger partial charge is 0.443 e. The number of aliphatic hydroxyl groups excluding tert-OH is 1. The maximum atomic E-state index is 11.6. The molecule has 19 heavy (non-hydrogen) atoms. The maximum absolute atomic E-state index is 11.6. The SMILES string of the molecule is CC[C@H](OC(=O)NC(C)C)[C@@H](O)c1ccccc1I. The van der Waals surface area contributed by atoms with E-state index in [4.69, 9.17) is 4.74 Å². The summed E-state index contributed by atoms with van der Waals surface area (Å²) in [6.07, 6.45) is -1.30. The van der Waals surface area contributed by atoms with Crippen LogP contribution in [0.1, 0.15) is 38.9 Å². The number of carbonyl (C=O) groups excluding carboxylic acids is 1. The molecular weight excluding hydrogens is 357 g/mol. The zero-order valence-corrected chi connectivity index (χ0v) is 13.5. The van der Waals surface area contributed by atoms with E-state index >= 15 is 0 Å². The van der Waals surface area contributed by atoms with Crippen molar-refractivity contribution in [1.82, 2.24) is 5.32 Å². The fourth-order valence-electron chi connectivity index (χ4n) is 1.69. The molecule has 0 aliphatic carbocycles. The Hall–Kier alpha value is -0.820. The summed E-state index contributed by atoms with van der Waals surface area (Å²) in [5, 5.41) is 13.0. The van der Waals surface area contributed by atoms with Crippen molar-refractivity contribution in [3.05, 3.63) is 33.4 Å². The maximum Gasteiger partial charge on any atom is 0.407 e. The van der Waals surface area contributed by atoms with Gasteiger partial charge in [0, 0.05) is 9.61 Å². The molecule has 1 aromatic carbocycles. The Labute approximate surface area is 127 Å². The Balaban J connectivity index is 2.74. The number of halogens is 1. The van der Waals surface area contributed by atoms with E-state index in [1.54, 1.807) is 0 Å². The Morgan fingerprint density at radius 1 is 1.42 bits per heavy atom. The lowest BCUT2D eigenvalue weighted by atomic mass is 10.0. The van der Waals surface area contributed by atoms with Crippen LogP contribution in [0.3, 0.4) is 0 Å². The Morgan fingerprint density at radius 2 is 2.05 bits per heavy atom. The van der Waals surface area contributed by atoms with Gasteiger partial charge in [-0.15, -0.1) is 0 Å². The molecule has 1 amide bonds. The third-order valence-corrected chi connectivity index (χ3v) is 3.63. The summed E-state index contributed by atoms with van der Waals surface area (Å²) in [5.74, 6) is 0. The van der Waals surface area contributed by atoms with Gasteiger partial charge in [-0.1, -0.05) is 25.1 Å². The van der Waals surface area contributed by atoms with E-state index in [2.05, 4.69) is 27.9 Å². The van der Waals surface area contributed by atoms with E-state index in [1.165, 1.54) is 0 Å². The molecule has 0 aliphatic rings. The normalized spacial score (nSPS) is 14.0. The predicted molar refractivity (Wildman–Crippen MR) is 83.0 cm³/mol. The van der Waals surface area contributed by atoms with Crippen LogP contribution in [0.4, 0.5) is 4.79 Å². The van der Waals surface area contributed by atoms with Gasteiger partial charge in [0.2, 0.25) is 0 Å². The van der Waals surface area contributed by atoms with Crippen molar-refractivity contribution in [1.29, 1.82) is 0 Å². The Bertz CT molecular complexity index is 423. The van der Waals surface area contributed by atoms with E-state index in [0.29, 0.717) is 6.42 Å². The van der Waals surface area contributed by atoms with Crippen molar-refractivity contribution < 1.29 is 14.6 Å². The second-order valence-electron chi connectivity index (χ2n) is 4.62. The molecule has 2 N–H and O–H groups in total. The van der Waals surface area contributed by atoms with Crippen LogP contribution in [-0.4, -0.2) is 23.3 Å². The minimum atomic E-state index is -0.809. The van der Waals surface area contributed by atoms with Gasteiger partial charge < -0.3 is 15.2 Å². The van der Waals surface area contributed by atoms with Crippen molar-refractivity contribution in [2.24, 2.45) is 0 Å². The van der Waals surface area contributed by atoms with Crippen molar-refractivity contribution in [3.8, 4) is 0 Å². The molecular formula is C14H20INO3. The molecule has 1 rings (SSSR count). The first-order valence-electron chi connectivity index (χ1n) is 6.35. The molecule has 0 saturated heterocycles. The quantitative estimate of drug-likeness (QED) is 0.775. The summed E-state index contributed by atoms with van der Waals surface area (Å²) in [6.45, 7) is 5.60. The third-order valence-electron chi connectivity index (χ3n) is 2.64. The smallest absolute Gasteiger partial charge is 0.407 e. The highest BCUT2D eigenvalue weighted by atomic mass is 127. The molecule has 0 aliphatic heterocycles. The minimum absolute atomic E-state index is 0.0130. The van der Waals surface area contributed by atoms with E-state index in [9.17, 15) is 9.90 Å². The summed E-state index contributed by atoms with van der Waals surface area (Å²) in [6, 6.07) is 7.55. The van der Waals surface area contributed by atoms with Crippen LogP contribution < -0.4 is 5.32 Å². The monoisotopic (exact) mass is 377 g/mol. The second-order valence-corrected chi connectivity index (χ2v) is 5.78. The third kappa shape index (κ3) is 4.99. The number of ether oxygens (including phenoxy) is 1. The number of hydrogen-bond donors (Lipinski definition) is 2. The number of nitrogens with one attached hydrogen (secondary N) is 1. The number of amides is 1. The number of alkyl carbamates (subject to hydrolysis) is 1.